The van der Waals surface area contributed by atoms with Crippen LogP contribution >= 0.6 is 0 Å². The molecule has 0 radical (unpaired) electrons. The fraction of sp³-hybridized carbons (Fsp3) is 0.667. The van der Waals surface area contributed by atoms with Gasteiger partial charge in [0, 0.05) is 19.6 Å². The van der Waals surface area contributed by atoms with Crippen molar-refractivity contribution in [1.82, 2.24) is 9.97 Å². The van der Waals surface area contributed by atoms with Gasteiger partial charge in [0.2, 0.25) is 5.75 Å². The van der Waals surface area contributed by atoms with Crippen LogP contribution in [0, 0.1) is 0 Å². The van der Waals surface area contributed by atoms with Crippen molar-refractivity contribution >= 4 is 11.6 Å². The molecule has 0 saturated heterocycles. The lowest BCUT2D eigenvalue weighted by Gasteiger charge is -2.21. The van der Waals surface area contributed by atoms with Crippen molar-refractivity contribution in [2.45, 2.75) is 32.2 Å². The second kappa shape index (κ2) is 5.21. The second-order valence-corrected chi connectivity index (χ2v) is 4.35. The van der Waals surface area contributed by atoms with Gasteiger partial charge in [-0.3, -0.25) is 0 Å². The lowest BCUT2D eigenvalue weighted by Crippen LogP contribution is -2.22. The highest BCUT2D eigenvalue weighted by molar-refractivity contribution is 5.65. The molecule has 5 heteroatoms. The van der Waals surface area contributed by atoms with E-state index in [0.29, 0.717) is 6.04 Å². The molecule has 1 aromatic rings. The molecule has 1 aliphatic carbocycles. The maximum Gasteiger partial charge on any atom is 0.204 e. The van der Waals surface area contributed by atoms with Gasteiger partial charge in [0.15, 0.2) is 11.6 Å². The fourth-order valence-electron chi connectivity index (χ4n) is 1.81. The van der Waals surface area contributed by atoms with E-state index in [2.05, 4.69) is 34.2 Å². The van der Waals surface area contributed by atoms with Crippen molar-refractivity contribution < 1.29 is 4.74 Å². The first-order chi connectivity index (χ1) is 8.27. The van der Waals surface area contributed by atoms with E-state index in [9.17, 15) is 0 Å². The van der Waals surface area contributed by atoms with E-state index >= 15 is 0 Å². The number of nitrogens with zero attached hydrogens (tertiary/aromatic N) is 3. The van der Waals surface area contributed by atoms with Gasteiger partial charge in [-0.2, -0.15) is 0 Å². The quantitative estimate of drug-likeness (QED) is 0.817. The smallest absolute Gasteiger partial charge is 0.204 e. The predicted molar refractivity (Wildman–Crippen MR) is 68.8 cm³/mol. The lowest BCUT2D eigenvalue weighted by molar-refractivity contribution is 0.412. The van der Waals surface area contributed by atoms with Crippen LogP contribution in [0.3, 0.4) is 0 Å². The Kier molecular flexibility index (Phi) is 3.66. The van der Waals surface area contributed by atoms with Crippen LogP contribution in [0.4, 0.5) is 11.6 Å². The van der Waals surface area contributed by atoms with Crippen molar-refractivity contribution in [3.63, 3.8) is 0 Å². The molecule has 0 aromatic carbocycles. The molecule has 1 saturated carbocycles. The highest BCUT2D eigenvalue weighted by atomic mass is 16.5. The Morgan fingerprint density at radius 2 is 2.24 bits per heavy atom. The highest BCUT2D eigenvalue weighted by Crippen LogP contribution is 2.37. The van der Waals surface area contributed by atoms with E-state index < -0.39 is 0 Å². The third-order valence-corrected chi connectivity index (χ3v) is 2.96. The SMILES string of the molecule is CCCNc1ncnc(N(C)C2CC2)c1OC. The molecule has 0 bridgehead atoms. The molecular formula is C12H20N4O. The van der Waals surface area contributed by atoms with Crippen molar-refractivity contribution in [2.24, 2.45) is 0 Å². The fourth-order valence-corrected chi connectivity index (χ4v) is 1.81. The first-order valence-electron chi connectivity index (χ1n) is 6.13. The lowest BCUT2D eigenvalue weighted by atomic mass is 10.4. The van der Waals surface area contributed by atoms with E-state index in [-0.39, 0.29) is 0 Å². The minimum Gasteiger partial charge on any atom is -0.490 e. The zero-order chi connectivity index (χ0) is 12.3. The summed E-state index contributed by atoms with van der Waals surface area (Å²) in [6.45, 7) is 3.01. The number of hydrogen-bond acceptors (Lipinski definition) is 5. The zero-order valence-electron chi connectivity index (χ0n) is 10.7. The normalized spacial score (nSPS) is 14.5. The highest BCUT2D eigenvalue weighted by Gasteiger charge is 2.29. The minimum atomic E-state index is 0.609. The van der Waals surface area contributed by atoms with Crippen molar-refractivity contribution in [1.29, 1.82) is 0 Å². The molecule has 0 unspecified atom stereocenters. The Balaban J connectivity index is 2.24. The van der Waals surface area contributed by atoms with Crippen LogP contribution in [0.5, 0.6) is 5.75 Å². The molecule has 5 nitrogen and oxygen atoms in total. The molecule has 1 aromatic heterocycles. The van der Waals surface area contributed by atoms with Crippen LogP contribution in [0.25, 0.3) is 0 Å². The predicted octanol–water partition coefficient (Wildman–Crippen LogP) is 1.91. The molecule has 2 rings (SSSR count). The van der Waals surface area contributed by atoms with Gasteiger partial charge in [0.1, 0.15) is 6.33 Å². The number of rotatable bonds is 6. The molecule has 1 N–H and O–H groups in total. The number of ether oxygens (including phenoxy) is 1. The van der Waals surface area contributed by atoms with Gasteiger partial charge >= 0.3 is 0 Å². The van der Waals surface area contributed by atoms with Crippen LogP contribution in [-0.4, -0.2) is 36.7 Å². The first-order valence-corrected chi connectivity index (χ1v) is 6.13. The van der Waals surface area contributed by atoms with Crippen LogP contribution in [-0.2, 0) is 0 Å². The monoisotopic (exact) mass is 236 g/mol. The summed E-state index contributed by atoms with van der Waals surface area (Å²) in [6, 6.07) is 0.609. The Morgan fingerprint density at radius 1 is 1.47 bits per heavy atom. The van der Waals surface area contributed by atoms with Crippen LogP contribution in [0.15, 0.2) is 6.33 Å². The molecule has 17 heavy (non-hydrogen) atoms. The number of nitrogens with one attached hydrogen (secondary N) is 1. The molecule has 1 heterocycles. The standard InChI is InChI=1S/C12H20N4O/c1-4-7-13-11-10(17-3)12(15-8-14-11)16(2)9-5-6-9/h8-9H,4-7H2,1-3H3,(H,13,14,15). The molecule has 0 atom stereocenters. The largest absolute Gasteiger partial charge is 0.490 e. The van der Waals surface area contributed by atoms with E-state index in [1.54, 1.807) is 13.4 Å². The number of anilines is 2. The maximum absolute atomic E-state index is 5.44. The second-order valence-electron chi connectivity index (χ2n) is 4.35. The minimum absolute atomic E-state index is 0.609. The van der Waals surface area contributed by atoms with E-state index in [0.717, 1.165) is 30.4 Å². The van der Waals surface area contributed by atoms with Crippen LogP contribution in [0.2, 0.25) is 0 Å². The number of hydrogen-bond donors (Lipinski definition) is 1. The summed E-state index contributed by atoms with van der Waals surface area (Å²) in [5, 5.41) is 3.27. The Morgan fingerprint density at radius 3 is 2.82 bits per heavy atom. The summed E-state index contributed by atoms with van der Waals surface area (Å²) in [5.74, 6) is 2.41. The summed E-state index contributed by atoms with van der Waals surface area (Å²) >= 11 is 0. The van der Waals surface area contributed by atoms with Gasteiger partial charge in [-0.1, -0.05) is 6.92 Å². The summed E-state index contributed by atoms with van der Waals surface area (Å²) in [5.41, 5.74) is 0. The average molecular weight is 236 g/mol. The van der Waals surface area contributed by atoms with Gasteiger partial charge in [-0.05, 0) is 19.3 Å². The van der Waals surface area contributed by atoms with Gasteiger partial charge in [0.25, 0.3) is 0 Å². The van der Waals surface area contributed by atoms with E-state index in [4.69, 9.17) is 4.74 Å². The van der Waals surface area contributed by atoms with E-state index in [1.807, 2.05) is 0 Å². The third-order valence-electron chi connectivity index (χ3n) is 2.96. The van der Waals surface area contributed by atoms with Crippen molar-refractivity contribution in [3.05, 3.63) is 6.33 Å². The summed E-state index contributed by atoms with van der Waals surface area (Å²) < 4.78 is 5.44. The van der Waals surface area contributed by atoms with Gasteiger partial charge in [-0.25, -0.2) is 9.97 Å². The van der Waals surface area contributed by atoms with E-state index in [1.165, 1.54) is 12.8 Å². The first kappa shape index (κ1) is 12.0. The summed E-state index contributed by atoms with van der Waals surface area (Å²) in [7, 11) is 3.73. The molecule has 1 fully saturated rings. The maximum atomic E-state index is 5.44. The molecule has 0 spiro atoms. The molecule has 0 aliphatic heterocycles. The van der Waals surface area contributed by atoms with Crippen molar-refractivity contribution in [3.8, 4) is 5.75 Å². The summed E-state index contributed by atoms with van der Waals surface area (Å²) in [4.78, 5) is 10.7. The van der Waals surface area contributed by atoms with Gasteiger partial charge in [-0.15, -0.1) is 0 Å². The molecule has 94 valence electrons. The van der Waals surface area contributed by atoms with Crippen LogP contribution in [0.1, 0.15) is 26.2 Å². The van der Waals surface area contributed by atoms with Gasteiger partial charge in [0.05, 0.1) is 7.11 Å². The van der Waals surface area contributed by atoms with Gasteiger partial charge < -0.3 is 15.0 Å². The number of aromatic nitrogens is 2. The molecular weight excluding hydrogens is 216 g/mol. The molecule has 0 amide bonds. The third kappa shape index (κ3) is 2.60. The Labute approximate surface area is 102 Å². The Bertz CT molecular complexity index is 379. The zero-order valence-corrected chi connectivity index (χ0v) is 10.7. The van der Waals surface area contributed by atoms with Crippen molar-refractivity contribution in [2.75, 3.05) is 30.9 Å². The van der Waals surface area contributed by atoms with Crippen LogP contribution < -0.4 is 15.0 Å². The topological polar surface area (TPSA) is 50.3 Å². The number of methoxy groups -OCH3 is 1. The molecule has 1 aliphatic rings. The average Bonchev–Trinajstić information content (AvgIpc) is 3.19. The summed E-state index contributed by atoms with van der Waals surface area (Å²) in [6.07, 6.45) is 5.12. The Hall–Kier alpha value is -1.52.